The first kappa shape index (κ1) is 17.7. The van der Waals surface area contributed by atoms with Gasteiger partial charge in [-0.1, -0.05) is 0 Å². The van der Waals surface area contributed by atoms with Crippen LogP contribution >= 0.6 is 24.8 Å². The zero-order chi connectivity index (χ0) is 12.4. The predicted octanol–water partition coefficient (Wildman–Crippen LogP) is 5.25. The summed E-state index contributed by atoms with van der Waals surface area (Å²) in [6.07, 6.45) is 15.9. The summed E-state index contributed by atoms with van der Waals surface area (Å²) in [7, 11) is 0. The van der Waals surface area contributed by atoms with Gasteiger partial charge in [0.1, 0.15) is 0 Å². The third-order valence-corrected chi connectivity index (χ3v) is 7.98. The van der Waals surface area contributed by atoms with Crippen molar-refractivity contribution < 1.29 is 23.2 Å². The largest absolute Gasteiger partial charge is 0.147 e. The number of benzene rings is 1. The summed E-state index contributed by atoms with van der Waals surface area (Å²) in [6.45, 7) is 3.97. The molecule has 0 amide bonds. The molecule has 3 rings (SSSR count). The number of fused-ring (bicyclic) bond motifs is 1. The topological polar surface area (TPSA) is 0 Å². The smallest absolute Gasteiger partial charge is 0.147 e. The van der Waals surface area contributed by atoms with E-state index in [1.165, 1.54) is 17.5 Å². The summed E-state index contributed by atoms with van der Waals surface area (Å²) in [5, 5.41) is 0. The Morgan fingerprint density at radius 1 is 1.25 bits per heavy atom. The van der Waals surface area contributed by atoms with Gasteiger partial charge in [-0.15, -0.1) is 24.8 Å². The number of rotatable bonds is 4. The monoisotopic (exact) mass is 382 g/mol. The molecule has 2 aliphatic carbocycles. The summed E-state index contributed by atoms with van der Waals surface area (Å²) < 4.78 is 2.00. The van der Waals surface area contributed by atoms with E-state index in [1.807, 2.05) is 0 Å². The van der Waals surface area contributed by atoms with Crippen molar-refractivity contribution in [2.24, 2.45) is 0 Å². The summed E-state index contributed by atoms with van der Waals surface area (Å²) in [5.74, 6) is 0. The Balaban J connectivity index is 0.000001000. The van der Waals surface area contributed by atoms with Crippen molar-refractivity contribution in [1.29, 1.82) is 0 Å². The standard InChI is InChI=1S/C12H11.C5H5.2ClH.Zr/c1-2-5-10-8-9-11-6-3-4-7-12(10)11;1-2-4-5-3-1;;;/h2-4,6-9H,1,5H2;1-3H,4H2;2*1H;. The van der Waals surface area contributed by atoms with Gasteiger partial charge in [0.25, 0.3) is 0 Å². The summed E-state index contributed by atoms with van der Waals surface area (Å²) in [6, 6.07) is 8.85. The molecule has 0 fully saturated rings. The fraction of sp³-hybridized carbons (Fsp3) is 0.176. The zero-order valence-corrected chi connectivity index (χ0v) is 15.3. The third kappa shape index (κ3) is 3.27. The minimum Gasteiger partial charge on any atom is -0.147 e. The molecule has 0 aromatic heterocycles. The molecule has 0 radical (unpaired) electrons. The molecule has 0 bridgehead atoms. The Bertz CT molecular complexity index is 572. The van der Waals surface area contributed by atoms with Crippen molar-refractivity contribution in [3.05, 3.63) is 75.6 Å². The first-order valence-electron chi connectivity index (χ1n) is 6.38. The molecule has 3 heteroatoms. The minimum atomic E-state index is -0.643. The summed E-state index contributed by atoms with van der Waals surface area (Å²) in [5.41, 5.74) is 2.94. The van der Waals surface area contributed by atoms with Gasteiger partial charge in [0.2, 0.25) is 0 Å². The van der Waals surface area contributed by atoms with Crippen molar-refractivity contribution in [2.75, 3.05) is 0 Å². The van der Waals surface area contributed by atoms with Crippen LogP contribution in [0.15, 0.2) is 64.5 Å². The van der Waals surface area contributed by atoms with Gasteiger partial charge in [-0.2, -0.15) is 0 Å². The molecule has 0 heterocycles. The van der Waals surface area contributed by atoms with Crippen molar-refractivity contribution in [3.8, 4) is 0 Å². The molecular formula is C17H18Cl2Zr. The Hall–Kier alpha value is -0.357. The molecule has 0 spiro atoms. The van der Waals surface area contributed by atoms with Crippen LogP contribution in [0.1, 0.15) is 24.0 Å². The average Bonchev–Trinajstić information content (AvgIpc) is 3.00. The van der Waals surface area contributed by atoms with Crippen LogP contribution in [-0.4, -0.2) is 0 Å². The van der Waals surface area contributed by atoms with E-state index in [0.717, 1.165) is 6.42 Å². The van der Waals surface area contributed by atoms with E-state index < -0.39 is 23.2 Å². The SMILES string of the molecule is C=CC[C]1([Zr][C]2=CC=CC2)C=Cc2ccccc21.Cl.Cl. The quantitative estimate of drug-likeness (QED) is 0.622. The molecule has 104 valence electrons. The van der Waals surface area contributed by atoms with Gasteiger partial charge in [-0.25, -0.2) is 0 Å². The molecule has 0 saturated heterocycles. The van der Waals surface area contributed by atoms with Crippen molar-refractivity contribution in [3.63, 3.8) is 0 Å². The summed E-state index contributed by atoms with van der Waals surface area (Å²) >= 11 is -0.643. The number of hydrogen-bond acceptors (Lipinski definition) is 0. The molecule has 0 aliphatic heterocycles. The van der Waals surface area contributed by atoms with E-state index in [2.05, 4.69) is 67.3 Å². The second kappa shape index (κ2) is 7.59. The molecule has 0 nitrogen and oxygen atoms in total. The van der Waals surface area contributed by atoms with Gasteiger partial charge >= 0.3 is 121 Å². The van der Waals surface area contributed by atoms with Crippen LogP contribution in [0.4, 0.5) is 0 Å². The maximum atomic E-state index is 3.97. The fourth-order valence-electron chi connectivity index (χ4n) is 2.76. The van der Waals surface area contributed by atoms with Crippen LogP contribution < -0.4 is 0 Å². The van der Waals surface area contributed by atoms with E-state index in [0.29, 0.717) is 3.12 Å². The third-order valence-electron chi connectivity index (χ3n) is 3.61. The molecule has 0 N–H and O–H groups in total. The maximum absolute atomic E-state index is 3.97. The molecule has 1 atom stereocenters. The molecule has 1 aromatic rings. The van der Waals surface area contributed by atoms with E-state index in [-0.39, 0.29) is 24.8 Å². The van der Waals surface area contributed by atoms with Crippen LogP contribution in [0.2, 0.25) is 0 Å². The molecule has 0 saturated carbocycles. The van der Waals surface area contributed by atoms with Crippen LogP contribution in [0.5, 0.6) is 0 Å². The average molecular weight is 384 g/mol. The second-order valence-electron chi connectivity index (χ2n) is 4.83. The first-order valence-corrected chi connectivity index (χ1v) is 8.83. The van der Waals surface area contributed by atoms with Gasteiger partial charge in [0.05, 0.1) is 0 Å². The van der Waals surface area contributed by atoms with Gasteiger partial charge < -0.3 is 0 Å². The van der Waals surface area contributed by atoms with Crippen LogP contribution in [0.25, 0.3) is 6.08 Å². The van der Waals surface area contributed by atoms with Crippen molar-refractivity contribution in [1.82, 2.24) is 0 Å². The fourth-order valence-corrected chi connectivity index (χ4v) is 7.06. The van der Waals surface area contributed by atoms with Gasteiger partial charge in [0, 0.05) is 0 Å². The number of halogens is 2. The normalized spacial score (nSPS) is 21.5. The van der Waals surface area contributed by atoms with Crippen molar-refractivity contribution in [2.45, 2.75) is 16.0 Å². The number of allylic oxidation sites excluding steroid dienone is 6. The summed E-state index contributed by atoms with van der Waals surface area (Å²) in [4.78, 5) is 0. The Kier molecular flexibility index (Phi) is 6.72. The van der Waals surface area contributed by atoms with Gasteiger partial charge in [0.15, 0.2) is 0 Å². The predicted molar refractivity (Wildman–Crippen MR) is 88.3 cm³/mol. The molecule has 20 heavy (non-hydrogen) atoms. The Morgan fingerprint density at radius 3 is 2.75 bits per heavy atom. The molecular weight excluding hydrogens is 366 g/mol. The van der Waals surface area contributed by atoms with Crippen molar-refractivity contribution >= 4 is 30.9 Å². The van der Waals surface area contributed by atoms with Crippen LogP contribution in [0, 0.1) is 0 Å². The van der Waals surface area contributed by atoms with E-state index in [4.69, 9.17) is 0 Å². The minimum absolute atomic E-state index is 0. The zero-order valence-electron chi connectivity index (χ0n) is 11.2. The first-order chi connectivity index (χ1) is 8.84. The Labute approximate surface area is 145 Å². The molecule has 1 unspecified atom stereocenters. The molecule has 1 aromatic carbocycles. The maximum Gasteiger partial charge on any atom is -0.147 e. The number of hydrogen-bond donors (Lipinski definition) is 0. The van der Waals surface area contributed by atoms with E-state index in [1.54, 1.807) is 3.28 Å². The Morgan fingerprint density at radius 2 is 2.05 bits per heavy atom. The van der Waals surface area contributed by atoms with E-state index >= 15 is 0 Å². The van der Waals surface area contributed by atoms with Crippen LogP contribution in [-0.2, 0) is 26.4 Å². The van der Waals surface area contributed by atoms with Gasteiger partial charge in [-0.05, 0) is 0 Å². The molecule has 2 aliphatic rings. The van der Waals surface area contributed by atoms with Gasteiger partial charge in [-0.3, -0.25) is 0 Å². The second-order valence-corrected chi connectivity index (χ2v) is 9.22. The van der Waals surface area contributed by atoms with Crippen LogP contribution in [0.3, 0.4) is 0 Å². The van der Waals surface area contributed by atoms with E-state index in [9.17, 15) is 0 Å².